The molecule has 18 rings (SSSR count). The van der Waals surface area contributed by atoms with Gasteiger partial charge in [0.2, 0.25) is 17.1 Å². The lowest BCUT2D eigenvalue weighted by Crippen LogP contribution is -2.30. The fourth-order valence-electron chi connectivity index (χ4n) is 15.0. The summed E-state index contributed by atoms with van der Waals surface area (Å²) in [6.07, 6.45) is 6.79. The minimum absolute atomic E-state index is 0.374. The summed E-state index contributed by atoms with van der Waals surface area (Å²) in [4.78, 5) is 0. The van der Waals surface area contributed by atoms with Crippen LogP contribution in [-0.2, 0) is 28.2 Å². The minimum atomic E-state index is -2.10. The van der Waals surface area contributed by atoms with Gasteiger partial charge in [0, 0.05) is 79.1 Å². The van der Waals surface area contributed by atoms with E-state index in [1.54, 1.807) is 12.1 Å². The monoisotopic (exact) mass is 1240 g/mol. The molecule has 0 N–H and O–H groups in total. The van der Waals surface area contributed by atoms with Crippen molar-refractivity contribution in [3.8, 4) is 56.3 Å². The number of nitrogens with zero attached hydrogens (tertiary/aromatic N) is 6. The molecule has 6 heteroatoms. The van der Waals surface area contributed by atoms with Gasteiger partial charge < -0.3 is 13.7 Å². The first kappa shape index (κ1) is 55.9. The molecule has 96 heavy (non-hydrogen) atoms. The van der Waals surface area contributed by atoms with Crippen molar-refractivity contribution < 1.29 is 17.8 Å². The zero-order valence-corrected chi connectivity index (χ0v) is 55.4. The van der Waals surface area contributed by atoms with Gasteiger partial charge in [0.05, 0.1) is 43.7 Å². The van der Waals surface area contributed by atoms with E-state index in [9.17, 15) is 0 Å². The quantitative estimate of drug-likeness (QED) is 0.148. The molecule has 0 aliphatic heterocycles. The van der Waals surface area contributed by atoms with Crippen molar-refractivity contribution in [1.29, 1.82) is 0 Å². The molecule has 0 aliphatic carbocycles. The molecule has 6 nitrogen and oxygen atoms in total. The molecule has 0 unspecified atom stereocenters. The van der Waals surface area contributed by atoms with Crippen molar-refractivity contribution in [3.63, 3.8) is 0 Å². The van der Waals surface area contributed by atoms with E-state index in [1.165, 1.54) is 154 Å². The maximum Gasteiger partial charge on any atom is 0.214 e. The third kappa shape index (κ3) is 10.2. The Kier molecular flexibility index (Phi) is 14.0. The lowest BCUT2D eigenvalue weighted by atomic mass is 9.99. The topological polar surface area (TPSA) is 26.4 Å². The highest BCUT2D eigenvalue weighted by Crippen LogP contribution is 2.41. The maximum atomic E-state index is 7.73. The van der Waals surface area contributed by atoms with Crippen molar-refractivity contribution >= 4 is 97.7 Å². The number of hydrogen-bond donors (Lipinski definition) is 0. The van der Waals surface area contributed by atoms with Crippen molar-refractivity contribution in [2.45, 2.75) is 34.5 Å². The Morgan fingerprint density at radius 3 is 1.35 bits per heavy atom. The van der Waals surface area contributed by atoms with Gasteiger partial charge in [-0.1, -0.05) is 193 Å². The van der Waals surface area contributed by atoms with Crippen LogP contribution in [-0.4, -0.2) is 13.7 Å². The summed E-state index contributed by atoms with van der Waals surface area (Å²) < 4.78 is 36.9. The molecule has 6 heterocycles. The summed E-state index contributed by atoms with van der Waals surface area (Å²) in [6, 6.07) is 97.1. The highest BCUT2D eigenvalue weighted by Gasteiger charge is 2.25. The number of aromatic nitrogens is 6. The molecule has 0 amide bonds. The van der Waals surface area contributed by atoms with Gasteiger partial charge in [-0.05, 0) is 167 Å². The van der Waals surface area contributed by atoms with Crippen LogP contribution in [0.25, 0.3) is 154 Å². The average molecular weight is 1240 g/mol. The van der Waals surface area contributed by atoms with E-state index in [-0.39, 0.29) is 0 Å². The summed E-state index contributed by atoms with van der Waals surface area (Å²) in [7, 11) is 8.48. The molecule has 0 saturated carbocycles. The molecule has 0 radical (unpaired) electrons. The SMILES string of the molecule is Cc1ccc2c(ccc3c2c2c[n+](C)c(-c4ccccc4C)cc2n3-c2ccccc2)c1.Cc1ccccc1-c1cc2c(c[n+]1C)c1c3ccccc3ccc1n2-c1ccccc1.[2H]C([2H])([2H])c1ccc(-c2cc3c(c[n+]2C)c2cc4ccc(-c5ccccc5)cc4cc2n3C)c(C)c1. The first-order chi connectivity index (χ1) is 48.0. The Hall–Kier alpha value is -11.7. The summed E-state index contributed by atoms with van der Waals surface area (Å²) >= 11 is 0. The highest BCUT2D eigenvalue weighted by molar-refractivity contribution is 6.22. The highest BCUT2D eigenvalue weighted by atomic mass is 15.0. The number of hydrogen-bond acceptors (Lipinski definition) is 0. The van der Waals surface area contributed by atoms with E-state index < -0.39 is 6.85 Å². The third-order valence-corrected chi connectivity index (χ3v) is 19.8. The summed E-state index contributed by atoms with van der Waals surface area (Å²) in [5.41, 5.74) is 24.3. The minimum Gasteiger partial charge on any atom is -0.343 e. The second kappa shape index (κ2) is 24.0. The molecule has 0 atom stereocenters. The number of aryl methyl sites for hydroxylation is 9. The molecule has 0 fully saturated rings. The zero-order valence-electron chi connectivity index (χ0n) is 58.4. The molecule has 0 spiro atoms. The van der Waals surface area contributed by atoms with Gasteiger partial charge in [-0.15, -0.1) is 0 Å². The molecule has 18 aromatic rings. The standard InChI is InChI=1S/C31H27N2.C30H25N2.C29H23N2/c1-20-10-13-26(21(2)14-20)29-18-31-28(19-32(29)3)27-16-24-12-11-23(22-8-6-5-7-9-22)15-25(24)17-30(27)33(31)4;1-20-13-15-25-22(17-20)14-16-27-30(25)26-19-31(3)28(24-12-8-7-9-21(24)2)18-29(26)32(27)23-10-5-4-6-11-23;1-20-10-6-8-14-23(20)27-18-28-25(19-30(27)2)29-24-15-9-7-11-21(24)16-17-26(29)31(28)22-12-4-3-5-13-22/h5-19H,1-4H3;4-19H,1-3H3;3-19H,1-2H3/q3*+1/i1D3;;. The Morgan fingerprint density at radius 1 is 0.292 bits per heavy atom. The van der Waals surface area contributed by atoms with Gasteiger partial charge in [0.15, 0.2) is 18.6 Å². The lowest BCUT2D eigenvalue weighted by Gasteiger charge is -2.09. The molecule has 12 aromatic carbocycles. The number of rotatable bonds is 6. The van der Waals surface area contributed by atoms with Crippen molar-refractivity contribution in [2.75, 3.05) is 0 Å². The van der Waals surface area contributed by atoms with Crippen LogP contribution in [0.3, 0.4) is 0 Å². The van der Waals surface area contributed by atoms with E-state index in [0.717, 1.165) is 22.3 Å². The van der Waals surface area contributed by atoms with Crippen LogP contribution in [0.5, 0.6) is 0 Å². The van der Waals surface area contributed by atoms with Crippen LogP contribution in [0.2, 0.25) is 0 Å². The third-order valence-electron chi connectivity index (χ3n) is 19.8. The summed E-state index contributed by atoms with van der Waals surface area (Å²) in [6.45, 7) is 6.40. The van der Waals surface area contributed by atoms with Crippen LogP contribution < -0.4 is 13.7 Å². The van der Waals surface area contributed by atoms with E-state index in [2.05, 4.69) is 344 Å². The van der Waals surface area contributed by atoms with E-state index >= 15 is 0 Å². The first-order valence-corrected chi connectivity index (χ1v) is 33.0. The van der Waals surface area contributed by atoms with Crippen molar-refractivity contribution in [2.24, 2.45) is 28.2 Å². The van der Waals surface area contributed by atoms with Gasteiger partial charge in [0.25, 0.3) is 0 Å². The molecular weight excluding hydrogens is 1170 g/mol. The Bertz CT molecular complexity index is 6240. The van der Waals surface area contributed by atoms with Crippen LogP contribution in [0.4, 0.5) is 0 Å². The predicted octanol–water partition coefficient (Wildman–Crippen LogP) is 21.0. The molecule has 462 valence electrons. The zero-order chi connectivity index (χ0) is 68.0. The van der Waals surface area contributed by atoms with Crippen LogP contribution in [0.15, 0.2) is 292 Å². The normalized spacial score (nSPS) is 12.2. The van der Waals surface area contributed by atoms with Gasteiger partial charge >= 0.3 is 0 Å². The summed E-state index contributed by atoms with van der Waals surface area (Å²) in [5, 5.41) is 15.2. The average Bonchev–Trinajstić information content (AvgIpc) is 1.62. The van der Waals surface area contributed by atoms with Gasteiger partial charge in [-0.3, -0.25) is 0 Å². The van der Waals surface area contributed by atoms with Gasteiger partial charge in [0.1, 0.15) is 21.1 Å². The van der Waals surface area contributed by atoms with Crippen molar-refractivity contribution in [1.82, 2.24) is 13.7 Å². The van der Waals surface area contributed by atoms with Gasteiger partial charge in [-0.2, -0.15) is 0 Å². The molecule has 0 aliphatic rings. The number of pyridine rings is 3. The smallest absolute Gasteiger partial charge is 0.214 e. The summed E-state index contributed by atoms with van der Waals surface area (Å²) in [5.74, 6) is 0. The van der Waals surface area contributed by atoms with Crippen LogP contribution in [0, 0.1) is 34.5 Å². The molecule has 6 aromatic heterocycles. The van der Waals surface area contributed by atoms with Gasteiger partial charge in [-0.25, -0.2) is 13.7 Å². The maximum absolute atomic E-state index is 7.73. The fourth-order valence-corrected chi connectivity index (χ4v) is 15.0. The Labute approximate surface area is 564 Å². The van der Waals surface area contributed by atoms with Crippen molar-refractivity contribution in [3.05, 3.63) is 319 Å². The second-order valence-electron chi connectivity index (χ2n) is 25.9. The first-order valence-electron chi connectivity index (χ1n) is 34.5. The Balaban J connectivity index is 0.000000116. The fraction of sp³-hybridized carbons (Fsp3) is 0.100. The lowest BCUT2D eigenvalue weighted by molar-refractivity contribution is -0.659. The van der Waals surface area contributed by atoms with E-state index in [4.69, 9.17) is 4.11 Å². The Morgan fingerprint density at radius 2 is 0.771 bits per heavy atom. The van der Waals surface area contributed by atoms with Crippen LogP contribution in [0.1, 0.15) is 31.9 Å². The van der Waals surface area contributed by atoms with Crippen LogP contribution >= 0.6 is 0 Å². The number of fused-ring (bicyclic) bond motifs is 14. The predicted molar refractivity (Wildman–Crippen MR) is 403 cm³/mol. The van der Waals surface area contributed by atoms with E-state index in [0.29, 0.717) is 5.56 Å². The molecular formula is C90H75N6+3. The molecule has 0 bridgehead atoms. The number of benzene rings is 12. The number of para-hydroxylation sites is 2. The second-order valence-corrected chi connectivity index (χ2v) is 25.9. The van der Waals surface area contributed by atoms with E-state index in [1.807, 2.05) is 19.1 Å². The molecule has 0 saturated heterocycles. The largest absolute Gasteiger partial charge is 0.343 e.